The van der Waals surface area contributed by atoms with Crippen LogP contribution in [0.3, 0.4) is 0 Å². The molecule has 2 fully saturated rings. The summed E-state index contributed by atoms with van der Waals surface area (Å²) in [5.41, 5.74) is 2.43. The number of fused-ring (bicyclic) bond motifs is 3. The van der Waals surface area contributed by atoms with E-state index in [-0.39, 0.29) is 5.91 Å². The maximum atomic E-state index is 12.4. The van der Waals surface area contributed by atoms with Crippen molar-refractivity contribution in [3.63, 3.8) is 0 Å². The summed E-state index contributed by atoms with van der Waals surface area (Å²) in [6.07, 6.45) is 8.83. The van der Waals surface area contributed by atoms with Crippen molar-refractivity contribution in [2.24, 2.45) is 13.0 Å². The number of aryl methyl sites for hydroxylation is 2. The van der Waals surface area contributed by atoms with Gasteiger partial charge >= 0.3 is 0 Å². The Morgan fingerprint density at radius 3 is 2.86 bits per heavy atom. The molecule has 1 aromatic rings. The molecule has 2 bridgehead atoms. The minimum atomic E-state index is 0.166. The first-order chi connectivity index (χ1) is 10.2. The lowest BCUT2D eigenvalue weighted by Crippen LogP contribution is -2.39. The predicted octanol–water partition coefficient (Wildman–Crippen LogP) is 1.77. The van der Waals surface area contributed by atoms with Gasteiger partial charge in [-0.15, -0.1) is 0 Å². The molecule has 1 aromatic heterocycles. The van der Waals surface area contributed by atoms with Crippen LogP contribution in [0.15, 0.2) is 0 Å². The molecule has 5 nitrogen and oxygen atoms in total. The molecule has 2 aliphatic heterocycles. The molecule has 0 aromatic carbocycles. The van der Waals surface area contributed by atoms with Crippen LogP contribution in [0, 0.1) is 5.92 Å². The van der Waals surface area contributed by atoms with Crippen LogP contribution in [0.5, 0.6) is 0 Å². The number of aromatic nitrogens is 2. The summed E-state index contributed by atoms with van der Waals surface area (Å²) in [5.74, 6) is 1.65. The molecule has 0 spiro atoms. The van der Waals surface area contributed by atoms with Gasteiger partial charge in [-0.2, -0.15) is 5.10 Å². The summed E-state index contributed by atoms with van der Waals surface area (Å²) in [6.45, 7) is 0. The van der Waals surface area contributed by atoms with Crippen LogP contribution in [-0.2, 0) is 24.7 Å². The number of piperidine rings is 1. The molecule has 1 amide bonds. The van der Waals surface area contributed by atoms with Crippen LogP contribution in [0.25, 0.3) is 0 Å². The second-order valence-corrected chi connectivity index (χ2v) is 6.98. The summed E-state index contributed by atoms with van der Waals surface area (Å²) in [6, 6.07) is 1.31. The summed E-state index contributed by atoms with van der Waals surface area (Å²) < 4.78 is 1.84. The van der Waals surface area contributed by atoms with Gasteiger partial charge in [-0.25, -0.2) is 0 Å². The summed E-state index contributed by atoms with van der Waals surface area (Å²) in [7, 11) is 1.93. The van der Waals surface area contributed by atoms with E-state index in [0.717, 1.165) is 31.5 Å². The number of nitrogens with one attached hydrogen (secondary N) is 2. The van der Waals surface area contributed by atoms with Crippen molar-refractivity contribution in [2.45, 2.75) is 63.5 Å². The Morgan fingerprint density at radius 1 is 1.33 bits per heavy atom. The standard InChI is InChI=1S/C16H24N4O/c1-20-16(13-3-2-4-14(13)19-20)18-15(21)9-10-7-11-5-6-12(8-10)17-11/h10-12,17H,2-9H2,1H3,(H,18,21). The van der Waals surface area contributed by atoms with E-state index in [1.54, 1.807) is 0 Å². The van der Waals surface area contributed by atoms with Crippen molar-refractivity contribution in [3.8, 4) is 0 Å². The highest BCUT2D eigenvalue weighted by Gasteiger charge is 2.34. The molecule has 2 N–H and O–H groups in total. The maximum absolute atomic E-state index is 12.4. The van der Waals surface area contributed by atoms with Crippen LogP contribution >= 0.6 is 0 Å². The van der Waals surface area contributed by atoms with Gasteiger partial charge in [-0.1, -0.05) is 0 Å². The SMILES string of the molecule is Cn1nc2c(c1NC(=O)CC1CC3CCC(C1)N3)CCC2. The molecule has 2 atom stereocenters. The number of nitrogens with zero attached hydrogens (tertiary/aromatic N) is 2. The Hall–Kier alpha value is -1.36. The van der Waals surface area contributed by atoms with E-state index in [0.29, 0.717) is 24.4 Å². The van der Waals surface area contributed by atoms with Gasteiger partial charge in [0.15, 0.2) is 0 Å². The van der Waals surface area contributed by atoms with E-state index >= 15 is 0 Å². The molecular formula is C16H24N4O. The molecule has 1 aliphatic carbocycles. The number of amides is 1. The van der Waals surface area contributed by atoms with Gasteiger partial charge in [-0.3, -0.25) is 9.48 Å². The number of hydrogen-bond donors (Lipinski definition) is 2. The zero-order valence-electron chi connectivity index (χ0n) is 12.7. The van der Waals surface area contributed by atoms with E-state index in [1.807, 2.05) is 11.7 Å². The van der Waals surface area contributed by atoms with E-state index in [2.05, 4.69) is 15.7 Å². The van der Waals surface area contributed by atoms with Gasteiger partial charge in [0.25, 0.3) is 0 Å². The molecule has 5 heteroatoms. The third-order valence-electron chi connectivity index (χ3n) is 5.37. The molecule has 0 saturated carbocycles. The highest BCUT2D eigenvalue weighted by molar-refractivity contribution is 5.91. The summed E-state index contributed by atoms with van der Waals surface area (Å²) in [5, 5.41) is 11.3. The Balaban J connectivity index is 1.40. The molecule has 2 unspecified atom stereocenters. The predicted molar refractivity (Wildman–Crippen MR) is 81.1 cm³/mol. The summed E-state index contributed by atoms with van der Waals surface area (Å²) >= 11 is 0. The van der Waals surface area contributed by atoms with Crippen LogP contribution in [0.2, 0.25) is 0 Å². The van der Waals surface area contributed by atoms with Gasteiger partial charge in [0.1, 0.15) is 5.82 Å². The van der Waals surface area contributed by atoms with Gasteiger partial charge in [0.05, 0.1) is 5.69 Å². The molecular weight excluding hydrogens is 264 g/mol. The lowest BCUT2D eigenvalue weighted by Gasteiger charge is -2.28. The van der Waals surface area contributed by atoms with Crippen molar-refractivity contribution in [2.75, 3.05) is 5.32 Å². The highest BCUT2D eigenvalue weighted by atomic mass is 16.1. The Labute approximate surface area is 125 Å². The number of carbonyl (C=O) groups is 1. The smallest absolute Gasteiger partial charge is 0.225 e. The number of anilines is 1. The number of rotatable bonds is 3. The quantitative estimate of drug-likeness (QED) is 0.891. The average molecular weight is 288 g/mol. The minimum absolute atomic E-state index is 0.166. The third kappa shape index (κ3) is 2.48. The first-order valence-corrected chi connectivity index (χ1v) is 8.29. The van der Waals surface area contributed by atoms with Gasteiger partial charge < -0.3 is 10.6 Å². The summed E-state index contributed by atoms with van der Waals surface area (Å²) in [4.78, 5) is 12.4. The Morgan fingerprint density at radius 2 is 2.10 bits per heavy atom. The van der Waals surface area contributed by atoms with E-state index in [9.17, 15) is 4.79 Å². The second-order valence-electron chi connectivity index (χ2n) is 6.98. The second kappa shape index (κ2) is 5.13. The van der Waals surface area contributed by atoms with Crippen molar-refractivity contribution in [1.29, 1.82) is 0 Å². The van der Waals surface area contributed by atoms with Crippen LogP contribution in [0.1, 0.15) is 49.8 Å². The van der Waals surface area contributed by atoms with Crippen LogP contribution < -0.4 is 10.6 Å². The number of carbonyl (C=O) groups excluding carboxylic acids is 1. The lowest BCUT2D eigenvalue weighted by molar-refractivity contribution is -0.117. The molecule has 0 radical (unpaired) electrons. The molecule has 4 rings (SSSR count). The minimum Gasteiger partial charge on any atom is -0.311 e. The fraction of sp³-hybridized carbons (Fsp3) is 0.750. The Kier molecular flexibility index (Phi) is 3.25. The van der Waals surface area contributed by atoms with Crippen molar-refractivity contribution < 1.29 is 4.79 Å². The molecule has 114 valence electrons. The molecule has 21 heavy (non-hydrogen) atoms. The van der Waals surface area contributed by atoms with Gasteiger partial charge in [0.2, 0.25) is 5.91 Å². The average Bonchev–Trinajstić information content (AvgIpc) is 3.09. The van der Waals surface area contributed by atoms with Crippen LogP contribution in [-0.4, -0.2) is 27.8 Å². The van der Waals surface area contributed by atoms with Crippen LogP contribution in [0.4, 0.5) is 5.82 Å². The zero-order valence-corrected chi connectivity index (χ0v) is 12.7. The van der Waals surface area contributed by atoms with E-state index in [1.165, 1.54) is 30.5 Å². The largest absolute Gasteiger partial charge is 0.311 e. The molecule has 3 heterocycles. The van der Waals surface area contributed by atoms with E-state index in [4.69, 9.17) is 0 Å². The first-order valence-electron chi connectivity index (χ1n) is 8.29. The van der Waals surface area contributed by atoms with E-state index < -0.39 is 0 Å². The zero-order chi connectivity index (χ0) is 14.4. The monoisotopic (exact) mass is 288 g/mol. The first kappa shape index (κ1) is 13.3. The molecule has 3 aliphatic rings. The molecule has 2 saturated heterocycles. The maximum Gasteiger partial charge on any atom is 0.225 e. The van der Waals surface area contributed by atoms with Gasteiger partial charge in [-0.05, 0) is 50.9 Å². The third-order valence-corrected chi connectivity index (χ3v) is 5.37. The fourth-order valence-corrected chi connectivity index (χ4v) is 4.46. The van der Waals surface area contributed by atoms with Crippen molar-refractivity contribution in [1.82, 2.24) is 15.1 Å². The van der Waals surface area contributed by atoms with Crippen molar-refractivity contribution >= 4 is 11.7 Å². The topological polar surface area (TPSA) is 59.0 Å². The lowest BCUT2D eigenvalue weighted by atomic mass is 9.89. The highest BCUT2D eigenvalue weighted by Crippen LogP contribution is 2.33. The fourth-order valence-electron chi connectivity index (χ4n) is 4.46. The number of hydrogen-bond acceptors (Lipinski definition) is 3. The van der Waals surface area contributed by atoms with Crippen molar-refractivity contribution in [3.05, 3.63) is 11.3 Å². The van der Waals surface area contributed by atoms with Gasteiger partial charge in [0, 0.05) is 31.1 Å². The Bertz CT molecular complexity index is 553. The normalized spacial score (nSPS) is 30.4.